The van der Waals surface area contributed by atoms with E-state index in [1.807, 2.05) is 16.3 Å². The first kappa shape index (κ1) is 17.4. The summed E-state index contributed by atoms with van der Waals surface area (Å²) in [6, 6.07) is 1.91. The van der Waals surface area contributed by atoms with Crippen molar-refractivity contribution in [3.05, 3.63) is 17.8 Å². The highest BCUT2D eigenvalue weighted by atomic mass is 32.1. The highest BCUT2D eigenvalue weighted by molar-refractivity contribution is 7.16. The molecule has 25 heavy (non-hydrogen) atoms. The van der Waals surface area contributed by atoms with E-state index in [4.69, 9.17) is 4.74 Å². The predicted octanol–water partition coefficient (Wildman–Crippen LogP) is 2.25. The minimum absolute atomic E-state index is 0.115. The van der Waals surface area contributed by atoms with Crippen molar-refractivity contribution in [1.82, 2.24) is 15.3 Å². The molecule has 0 aromatic carbocycles. The van der Waals surface area contributed by atoms with Gasteiger partial charge in [-0.25, -0.2) is 19.6 Å². The van der Waals surface area contributed by atoms with Crippen LogP contribution in [-0.2, 0) is 9.53 Å². The normalized spacial score (nSPS) is 20.7. The van der Waals surface area contributed by atoms with E-state index in [1.54, 1.807) is 20.8 Å². The summed E-state index contributed by atoms with van der Waals surface area (Å²) in [4.78, 5) is 35.2. The first-order chi connectivity index (χ1) is 11.7. The number of hydrogen-bond acceptors (Lipinski definition) is 7. The van der Waals surface area contributed by atoms with Crippen LogP contribution in [0.5, 0.6) is 0 Å². The van der Waals surface area contributed by atoms with E-state index in [0.29, 0.717) is 12.4 Å². The van der Waals surface area contributed by atoms with Gasteiger partial charge in [-0.1, -0.05) is 0 Å². The average molecular weight is 364 g/mol. The molecule has 1 aliphatic heterocycles. The Morgan fingerprint density at radius 3 is 2.84 bits per heavy atom. The molecular weight excluding hydrogens is 344 g/mol. The number of nitrogens with zero attached hydrogens (tertiary/aromatic N) is 3. The number of carbonyl (C=O) groups excluding carboxylic acids is 1. The molecule has 0 spiro atoms. The first-order valence-electron chi connectivity index (χ1n) is 7.88. The Morgan fingerprint density at radius 1 is 1.40 bits per heavy atom. The second kappa shape index (κ2) is 6.14. The number of rotatable bonds is 3. The van der Waals surface area contributed by atoms with Gasteiger partial charge in [-0.3, -0.25) is 0 Å². The number of thiophene rings is 1. The highest BCUT2D eigenvalue weighted by Crippen LogP contribution is 2.32. The Balaban J connectivity index is 1.83. The van der Waals surface area contributed by atoms with E-state index >= 15 is 0 Å². The quantitative estimate of drug-likeness (QED) is 0.860. The number of nitrogens with one attached hydrogen (secondary N) is 1. The van der Waals surface area contributed by atoms with E-state index < -0.39 is 23.2 Å². The van der Waals surface area contributed by atoms with Gasteiger partial charge in [0.25, 0.3) is 0 Å². The summed E-state index contributed by atoms with van der Waals surface area (Å²) in [6.45, 7) is 5.77. The van der Waals surface area contributed by atoms with E-state index in [0.717, 1.165) is 10.2 Å². The van der Waals surface area contributed by atoms with Crippen molar-refractivity contribution in [2.75, 3.05) is 18.0 Å². The maximum atomic E-state index is 12.1. The molecule has 0 saturated carbocycles. The van der Waals surface area contributed by atoms with Gasteiger partial charge < -0.3 is 20.1 Å². The van der Waals surface area contributed by atoms with Gasteiger partial charge >= 0.3 is 12.1 Å². The van der Waals surface area contributed by atoms with Crippen LogP contribution in [0.3, 0.4) is 0 Å². The molecule has 2 N–H and O–H groups in total. The summed E-state index contributed by atoms with van der Waals surface area (Å²) < 4.78 is 5.22. The SMILES string of the molecule is CC(C)(C)OC(=O)NC1(C(=O)O)CCN(c2ncnc3sccc23)C1. The minimum atomic E-state index is -1.41. The van der Waals surface area contributed by atoms with Gasteiger partial charge in [-0.2, -0.15) is 0 Å². The molecule has 2 aromatic heterocycles. The summed E-state index contributed by atoms with van der Waals surface area (Å²) >= 11 is 1.50. The van der Waals surface area contributed by atoms with Crippen molar-refractivity contribution in [2.45, 2.75) is 38.3 Å². The van der Waals surface area contributed by atoms with Crippen LogP contribution < -0.4 is 10.2 Å². The molecule has 1 saturated heterocycles. The molecule has 2 aromatic rings. The third-order valence-electron chi connectivity index (χ3n) is 3.96. The summed E-state index contributed by atoms with van der Waals surface area (Å²) in [7, 11) is 0. The molecule has 1 atom stereocenters. The van der Waals surface area contributed by atoms with Gasteiger partial charge in [0.1, 0.15) is 22.6 Å². The fourth-order valence-corrected chi connectivity index (χ4v) is 3.58. The smallest absolute Gasteiger partial charge is 0.408 e. The largest absolute Gasteiger partial charge is 0.479 e. The molecule has 3 rings (SSSR count). The zero-order valence-electron chi connectivity index (χ0n) is 14.3. The van der Waals surface area contributed by atoms with E-state index in [1.165, 1.54) is 17.7 Å². The predicted molar refractivity (Wildman–Crippen MR) is 94.0 cm³/mol. The van der Waals surface area contributed by atoms with Crippen LogP contribution >= 0.6 is 11.3 Å². The fourth-order valence-electron chi connectivity index (χ4n) is 2.85. The third kappa shape index (κ3) is 3.51. The van der Waals surface area contributed by atoms with Crippen molar-refractivity contribution in [3.63, 3.8) is 0 Å². The van der Waals surface area contributed by atoms with Crippen molar-refractivity contribution >= 4 is 39.4 Å². The van der Waals surface area contributed by atoms with Crippen molar-refractivity contribution < 1.29 is 19.4 Å². The molecule has 1 unspecified atom stereocenters. The summed E-state index contributed by atoms with van der Waals surface area (Å²) in [5.74, 6) is -0.406. The second-order valence-electron chi connectivity index (χ2n) is 7.02. The maximum Gasteiger partial charge on any atom is 0.408 e. The number of carboxylic acids is 1. The van der Waals surface area contributed by atoms with Gasteiger partial charge in [-0.15, -0.1) is 11.3 Å². The number of anilines is 1. The number of hydrogen-bond donors (Lipinski definition) is 2. The standard InChI is InChI=1S/C16H20N4O4S/c1-15(2,3)24-14(23)19-16(13(21)22)5-6-20(8-16)11-10-4-7-25-12(10)18-9-17-11/h4,7,9H,5-6,8H2,1-3H3,(H,19,23)(H,21,22). The Morgan fingerprint density at radius 2 is 2.16 bits per heavy atom. The van der Waals surface area contributed by atoms with Gasteiger partial charge in [-0.05, 0) is 32.2 Å². The van der Waals surface area contributed by atoms with Gasteiger partial charge in [0.15, 0.2) is 5.54 Å². The zero-order valence-corrected chi connectivity index (χ0v) is 15.1. The molecule has 134 valence electrons. The van der Waals surface area contributed by atoms with E-state index in [2.05, 4.69) is 15.3 Å². The van der Waals surface area contributed by atoms with Crippen molar-refractivity contribution in [3.8, 4) is 0 Å². The first-order valence-corrected chi connectivity index (χ1v) is 8.76. The summed E-state index contributed by atoms with van der Waals surface area (Å²) in [6.07, 6.45) is 0.994. The number of amides is 1. The van der Waals surface area contributed by atoms with Crippen molar-refractivity contribution in [2.24, 2.45) is 0 Å². The molecule has 9 heteroatoms. The van der Waals surface area contributed by atoms with Gasteiger partial charge in [0.05, 0.1) is 11.9 Å². The number of carboxylic acid groups (broad SMARTS) is 1. The Hall–Kier alpha value is -2.42. The number of aromatic nitrogens is 2. The van der Waals surface area contributed by atoms with Crippen LogP contribution in [0.4, 0.5) is 10.6 Å². The Labute approximate surface area is 148 Å². The third-order valence-corrected chi connectivity index (χ3v) is 4.78. The molecule has 3 heterocycles. The average Bonchev–Trinajstić information content (AvgIpc) is 3.11. The summed E-state index contributed by atoms with van der Waals surface area (Å²) in [5, 5.41) is 15.1. The lowest BCUT2D eigenvalue weighted by molar-refractivity contribution is -0.143. The van der Waals surface area contributed by atoms with E-state index in [9.17, 15) is 14.7 Å². The lowest BCUT2D eigenvalue weighted by Gasteiger charge is -2.28. The highest BCUT2D eigenvalue weighted by Gasteiger charge is 2.47. The number of alkyl carbamates (subject to hydrolysis) is 1. The van der Waals surface area contributed by atoms with Crippen LogP contribution in [0.1, 0.15) is 27.2 Å². The monoisotopic (exact) mass is 364 g/mol. The number of ether oxygens (including phenoxy) is 1. The maximum absolute atomic E-state index is 12.1. The molecular formula is C16H20N4O4S. The lowest BCUT2D eigenvalue weighted by atomic mass is 9.99. The van der Waals surface area contributed by atoms with E-state index in [-0.39, 0.29) is 13.0 Å². The van der Waals surface area contributed by atoms with Crippen LogP contribution in [0.2, 0.25) is 0 Å². The molecule has 1 amide bonds. The topological polar surface area (TPSA) is 105 Å². The second-order valence-corrected chi connectivity index (χ2v) is 7.92. The number of carbonyl (C=O) groups is 2. The van der Waals surface area contributed by atoms with Crippen molar-refractivity contribution in [1.29, 1.82) is 0 Å². The Kier molecular flexibility index (Phi) is 4.28. The van der Waals surface area contributed by atoms with Crippen LogP contribution in [0.15, 0.2) is 17.8 Å². The lowest BCUT2D eigenvalue weighted by Crippen LogP contribution is -2.57. The molecule has 0 aliphatic carbocycles. The van der Waals surface area contributed by atoms with Crippen LogP contribution in [-0.4, -0.2) is 51.4 Å². The Bertz CT molecular complexity index is 816. The minimum Gasteiger partial charge on any atom is -0.479 e. The van der Waals surface area contributed by atoms with Gasteiger partial charge in [0, 0.05) is 13.0 Å². The molecule has 0 bridgehead atoms. The molecule has 0 radical (unpaired) electrons. The van der Waals surface area contributed by atoms with Crippen LogP contribution in [0.25, 0.3) is 10.2 Å². The molecule has 8 nitrogen and oxygen atoms in total. The zero-order chi connectivity index (χ0) is 18.2. The fraction of sp³-hybridized carbons (Fsp3) is 0.500. The summed E-state index contributed by atoms with van der Waals surface area (Å²) in [5.41, 5.74) is -2.10. The number of aliphatic carboxylic acids is 1. The van der Waals surface area contributed by atoms with Gasteiger partial charge in [0.2, 0.25) is 0 Å². The molecule has 1 fully saturated rings. The molecule has 1 aliphatic rings. The number of fused-ring (bicyclic) bond motifs is 1. The van der Waals surface area contributed by atoms with Crippen LogP contribution in [0, 0.1) is 0 Å².